The minimum absolute atomic E-state index is 0.292. The van der Waals surface area contributed by atoms with Gasteiger partial charge in [-0.15, -0.1) is 0 Å². The summed E-state index contributed by atoms with van der Waals surface area (Å²) in [6.45, 7) is 0. The normalized spacial score (nSPS) is 11.1. The van der Waals surface area contributed by atoms with E-state index in [1.54, 1.807) is 6.07 Å². The van der Waals surface area contributed by atoms with Crippen LogP contribution in [0.3, 0.4) is 0 Å². The van der Waals surface area contributed by atoms with Gasteiger partial charge in [0.1, 0.15) is 12.8 Å². The number of hydrogen-bond donors (Lipinski definition) is 1. The van der Waals surface area contributed by atoms with Crippen molar-refractivity contribution in [1.29, 1.82) is 0 Å². The number of para-hydroxylation sites is 1. The Morgan fingerprint density at radius 3 is 2.27 bits per heavy atom. The Kier molecular flexibility index (Phi) is 2.83. The second-order valence-corrected chi connectivity index (χ2v) is 5.52. The van der Waals surface area contributed by atoms with Gasteiger partial charge in [0, 0.05) is 17.0 Å². The van der Waals surface area contributed by atoms with Crippen molar-refractivity contribution in [3.8, 4) is 17.0 Å². The quantitative estimate of drug-likeness (QED) is 0.412. The van der Waals surface area contributed by atoms with E-state index in [0.29, 0.717) is 5.75 Å². The summed E-state index contributed by atoms with van der Waals surface area (Å²) in [6, 6.07) is 24.3. The lowest BCUT2D eigenvalue weighted by Crippen LogP contribution is -2.32. The first-order valence-electron chi connectivity index (χ1n) is 7.34. The molecule has 1 aromatic heterocycles. The third kappa shape index (κ3) is 1.85. The lowest BCUT2D eigenvalue weighted by Gasteiger charge is -2.09. The molecule has 1 heterocycles. The molecule has 0 unspecified atom stereocenters. The molecule has 4 aromatic rings. The van der Waals surface area contributed by atoms with Gasteiger partial charge in [-0.05, 0) is 36.4 Å². The highest BCUT2D eigenvalue weighted by molar-refractivity contribution is 6.09. The SMILES string of the molecule is C[n+]1c(-c2ccccc2)c2cc(O)ccc2c2ccccc21. The van der Waals surface area contributed by atoms with Crippen LogP contribution in [0, 0.1) is 0 Å². The first-order chi connectivity index (χ1) is 10.8. The zero-order valence-electron chi connectivity index (χ0n) is 12.3. The van der Waals surface area contributed by atoms with Crippen LogP contribution in [-0.2, 0) is 7.05 Å². The molecular formula is C20H16NO+. The van der Waals surface area contributed by atoms with E-state index in [0.717, 1.165) is 22.0 Å². The van der Waals surface area contributed by atoms with Gasteiger partial charge < -0.3 is 5.11 Å². The molecule has 0 atom stereocenters. The number of aryl methyl sites for hydroxylation is 1. The maximum atomic E-state index is 9.96. The van der Waals surface area contributed by atoms with Crippen LogP contribution in [0.4, 0.5) is 0 Å². The van der Waals surface area contributed by atoms with Crippen LogP contribution >= 0.6 is 0 Å². The van der Waals surface area contributed by atoms with Gasteiger partial charge in [0.05, 0.1) is 10.8 Å². The summed E-state index contributed by atoms with van der Waals surface area (Å²) >= 11 is 0. The molecule has 0 aliphatic carbocycles. The molecule has 3 aromatic carbocycles. The maximum Gasteiger partial charge on any atom is 0.220 e. The number of fused-ring (bicyclic) bond motifs is 3. The van der Waals surface area contributed by atoms with E-state index in [-0.39, 0.29) is 0 Å². The van der Waals surface area contributed by atoms with Gasteiger partial charge in [-0.2, -0.15) is 4.57 Å². The first kappa shape index (κ1) is 12.8. The molecule has 1 N–H and O–H groups in total. The molecule has 0 aliphatic rings. The number of aromatic nitrogens is 1. The number of benzene rings is 3. The summed E-state index contributed by atoms with van der Waals surface area (Å²) in [7, 11) is 2.08. The highest BCUT2D eigenvalue weighted by Gasteiger charge is 2.20. The van der Waals surface area contributed by atoms with Crippen molar-refractivity contribution in [1.82, 2.24) is 0 Å². The number of aromatic hydroxyl groups is 1. The number of phenols is 1. The summed E-state index contributed by atoms with van der Waals surface area (Å²) in [4.78, 5) is 0. The van der Waals surface area contributed by atoms with E-state index in [1.807, 2.05) is 30.3 Å². The number of nitrogens with zero attached hydrogens (tertiary/aromatic N) is 1. The van der Waals surface area contributed by atoms with Gasteiger partial charge in [0.25, 0.3) is 0 Å². The lowest BCUT2D eigenvalue weighted by molar-refractivity contribution is -0.632. The fourth-order valence-electron chi connectivity index (χ4n) is 3.20. The van der Waals surface area contributed by atoms with Crippen molar-refractivity contribution in [3.05, 3.63) is 72.8 Å². The summed E-state index contributed by atoms with van der Waals surface area (Å²) < 4.78 is 2.20. The molecule has 0 saturated heterocycles. The Labute approximate surface area is 128 Å². The van der Waals surface area contributed by atoms with Gasteiger partial charge in [-0.3, -0.25) is 0 Å². The van der Waals surface area contributed by atoms with Crippen molar-refractivity contribution < 1.29 is 9.67 Å². The topological polar surface area (TPSA) is 24.1 Å². The zero-order chi connectivity index (χ0) is 15.1. The van der Waals surface area contributed by atoms with Crippen LogP contribution < -0.4 is 4.57 Å². The molecule has 0 amide bonds. The summed E-state index contributed by atoms with van der Waals surface area (Å²) in [5.74, 6) is 0.292. The Morgan fingerprint density at radius 1 is 0.727 bits per heavy atom. The van der Waals surface area contributed by atoms with E-state index < -0.39 is 0 Å². The molecule has 2 heteroatoms. The summed E-state index contributed by atoms with van der Waals surface area (Å²) in [5.41, 5.74) is 3.44. The number of phenolic OH excluding ortho intramolecular Hbond substituents is 1. The van der Waals surface area contributed by atoms with Gasteiger partial charge >= 0.3 is 0 Å². The molecule has 22 heavy (non-hydrogen) atoms. The van der Waals surface area contributed by atoms with Crippen LogP contribution in [0.5, 0.6) is 5.75 Å². The Hall–Kier alpha value is -2.87. The van der Waals surface area contributed by atoms with Gasteiger partial charge in [-0.25, -0.2) is 0 Å². The Bertz CT molecular complexity index is 991. The van der Waals surface area contributed by atoms with Crippen LogP contribution in [0.25, 0.3) is 32.9 Å². The van der Waals surface area contributed by atoms with Crippen molar-refractivity contribution >= 4 is 21.7 Å². The minimum Gasteiger partial charge on any atom is -0.508 e. The predicted octanol–water partition coefficient (Wildman–Crippen LogP) is 4.19. The van der Waals surface area contributed by atoms with E-state index in [1.165, 1.54) is 10.9 Å². The molecule has 106 valence electrons. The molecule has 0 aliphatic heterocycles. The van der Waals surface area contributed by atoms with E-state index in [9.17, 15) is 5.11 Å². The smallest absolute Gasteiger partial charge is 0.220 e. The van der Waals surface area contributed by atoms with Crippen LogP contribution in [0.15, 0.2) is 72.8 Å². The molecule has 0 spiro atoms. The summed E-state index contributed by atoms with van der Waals surface area (Å²) in [5, 5.41) is 13.4. The monoisotopic (exact) mass is 286 g/mol. The number of rotatable bonds is 1. The Morgan fingerprint density at radius 2 is 1.45 bits per heavy atom. The molecule has 0 saturated carbocycles. The third-order valence-electron chi connectivity index (χ3n) is 4.20. The van der Waals surface area contributed by atoms with Crippen molar-refractivity contribution in [2.75, 3.05) is 0 Å². The van der Waals surface area contributed by atoms with Gasteiger partial charge in [0.15, 0.2) is 0 Å². The molecule has 2 nitrogen and oxygen atoms in total. The lowest BCUT2D eigenvalue weighted by atomic mass is 9.99. The average molecular weight is 286 g/mol. The average Bonchev–Trinajstić information content (AvgIpc) is 2.56. The summed E-state index contributed by atoms with van der Waals surface area (Å²) in [6.07, 6.45) is 0. The van der Waals surface area contributed by atoms with Crippen molar-refractivity contribution in [2.45, 2.75) is 0 Å². The highest BCUT2D eigenvalue weighted by atomic mass is 16.3. The molecule has 0 radical (unpaired) electrons. The maximum absolute atomic E-state index is 9.96. The molecular weight excluding hydrogens is 270 g/mol. The number of hydrogen-bond acceptors (Lipinski definition) is 1. The number of pyridine rings is 1. The molecule has 4 rings (SSSR count). The fourth-order valence-corrected chi connectivity index (χ4v) is 3.20. The molecule has 0 bridgehead atoms. The fraction of sp³-hybridized carbons (Fsp3) is 0.0500. The van der Waals surface area contributed by atoms with E-state index in [2.05, 4.69) is 48.0 Å². The first-order valence-corrected chi connectivity index (χ1v) is 7.34. The largest absolute Gasteiger partial charge is 0.508 e. The Balaban J connectivity index is 2.26. The van der Waals surface area contributed by atoms with Crippen LogP contribution in [0.2, 0.25) is 0 Å². The van der Waals surface area contributed by atoms with Crippen LogP contribution in [-0.4, -0.2) is 5.11 Å². The van der Waals surface area contributed by atoms with Gasteiger partial charge in [0.2, 0.25) is 11.2 Å². The zero-order valence-corrected chi connectivity index (χ0v) is 12.3. The van der Waals surface area contributed by atoms with Crippen LogP contribution in [0.1, 0.15) is 0 Å². The third-order valence-corrected chi connectivity index (χ3v) is 4.20. The van der Waals surface area contributed by atoms with E-state index in [4.69, 9.17) is 0 Å². The standard InChI is InChI=1S/C20H15NO/c1-21-19-10-6-5-9-17(19)16-12-11-15(22)13-18(16)20(21)14-7-3-2-4-8-14/h2-13H,1H3/p+1. The second kappa shape index (κ2) is 4.85. The van der Waals surface area contributed by atoms with E-state index >= 15 is 0 Å². The molecule has 0 fully saturated rings. The second-order valence-electron chi connectivity index (χ2n) is 5.52. The predicted molar refractivity (Wildman–Crippen MR) is 89.7 cm³/mol. The highest BCUT2D eigenvalue weighted by Crippen LogP contribution is 2.32. The van der Waals surface area contributed by atoms with Crippen molar-refractivity contribution in [3.63, 3.8) is 0 Å². The van der Waals surface area contributed by atoms with Gasteiger partial charge in [-0.1, -0.05) is 30.3 Å². The minimum atomic E-state index is 0.292. The van der Waals surface area contributed by atoms with Crippen molar-refractivity contribution in [2.24, 2.45) is 7.05 Å².